The summed E-state index contributed by atoms with van der Waals surface area (Å²) in [5.74, 6) is 0.683. The van der Waals surface area contributed by atoms with E-state index < -0.39 is 0 Å². The summed E-state index contributed by atoms with van der Waals surface area (Å²) in [6, 6.07) is 6.19. The molecule has 0 heterocycles. The Bertz CT molecular complexity index is 352. The molecule has 1 N–H and O–H groups in total. The van der Waals surface area contributed by atoms with E-state index in [-0.39, 0.29) is 0 Å². The molecule has 0 radical (unpaired) electrons. The topological polar surface area (TPSA) is 12.0 Å². The molecule has 0 saturated heterocycles. The molecular weight excluding hydrogens is 250 g/mol. The van der Waals surface area contributed by atoms with Gasteiger partial charge in [0, 0.05) is 21.7 Å². The Balaban J connectivity index is 2.82. The molecule has 0 saturated carbocycles. The van der Waals surface area contributed by atoms with Crippen molar-refractivity contribution in [1.29, 1.82) is 0 Å². The van der Waals surface area contributed by atoms with Crippen LogP contribution in [0.25, 0.3) is 0 Å². The minimum atomic E-state index is 0.622. The molecule has 1 unspecified atom stereocenters. The Morgan fingerprint density at radius 2 is 2.00 bits per heavy atom. The zero-order valence-corrected chi connectivity index (χ0v) is 12.7. The minimum Gasteiger partial charge on any atom is -0.313 e. The van der Waals surface area contributed by atoms with E-state index in [1.807, 2.05) is 17.8 Å². The van der Waals surface area contributed by atoms with Crippen molar-refractivity contribution in [3.05, 3.63) is 28.8 Å². The second-order valence-electron chi connectivity index (χ2n) is 4.60. The lowest BCUT2D eigenvalue weighted by molar-refractivity contribution is 0.641. The first-order valence-corrected chi connectivity index (χ1v) is 7.46. The van der Waals surface area contributed by atoms with Crippen molar-refractivity contribution in [2.24, 2.45) is 5.92 Å². The molecule has 1 atom stereocenters. The molecule has 96 valence electrons. The van der Waals surface area contributed by atoms with Gasteiger partial charge in [0.1, 0.15) is 0 Å². The van der Waals surface area contributed by atoms with E-state index >= 15 is 0 Å². The molecule has 0 aliphatic heterocycles. The highest BCUT2D eigenvalue weighted by atomic mass is 35.5. The fraction of sp³-hybridized carbons (Fsp3) is 0.571. The molecule has 0 aliphatic rings. The molecule has 1 aromatic rings. The van der Waals surface area contributed by atoms with Gasteiger partial charge in [-0.15, -0.1) is 11.8 Å². The molecule has 0 aliphatic carbocycles. The average Bonchev–Trinajstić information content (AvgIpc) is 2.29. The molecule has 0 amide bonds. The van der Waals surface area contributed by atoms with Gasteiger partial charge in [-0.25, -0.2) is 0 Å². The van der Waals surface area contributed by atoms with E-state index in [1.165, 1.54) is 10.5 Å². The zero-order valence-electron chi connectivity index (χ0n) is 11.1. The molecular formula is C14H22ClNS. The van der Waals surface area contributed by atoms with Gasteiger partial charge in [-0.2, -0.15) is 0 Å². The van der Waals surface area contributed by atoms with E-state index in [1.54, 1.807) is 0 Å². The fourth-order valence-electron chi connectivity index (χ4n) is 1.40. The van der Waals surface area contributed by atoms with Gasteiger partial charge in [0.25, 0.3) is 0 Å². The summed E-state index contributed by atoms with van der Waals surface area (Å²) >= 11 is 8.00. The van der Waals surface area contributed by atoms with Crippen LogP contribution in [-0.4, -0.2) is 11.8 Å². The molecule has 1 rings (SSSR count). The molecule has 17 heavy (non-hydrogen) atoms. The number of thioether (sulfide) groups is 1. The molecule has 0 aromatic heterocycles. The lowest BCUT2D eigenvalue weighted by Crippen LogP contribution is -2.13. The Morgan fingerprint density at radius 3 is 2.59 bits per heavy atom. The van der Waals surface area contributed by atoms with E-state index in [0.29, 0.717) is 11.2 Å². The van der Waals surface area contributed by atoms with Crippen LogP contribution in [0.1, 0.15) is 33.3 Å². The van der Waals surface area contributed by atoms with Crippen molar-refractivity contribution < 1.29 is 0 Å². The Labute approximate surface area is 114 Å². The fourth-order valence-corrected chi connectivity index (χ4v) is 2.69. The highest BCUT2D eigenvalue weighted by Crippen LogP contribution is 2.31. The van der Waals surface area contributed by atoms with Crippen LogP contribution in [0.15, 0.2) is 23.1 Å². The van der Waals surface area contributed by atoms with E-state index in [0.717, 1.165) is 18.1 Å². The first-order chi connectivity index (χ1) is 8.04. The summed E-state index contributed by atoms with van der Waals surface area (Å²) in [5.41, 5.74) is 1.30. The van der Waals surface area contributed by atoms with Crippen LogP contribution >= 0.6 is 23.4 Å². The number of halogens is 1. The maximum atomic E-state index is 6.06. The maximum absolute atomic E-state index is 6.06. The highest BCUT2D eigenvalue weighted by molar-refractivity contribution is 8.00. The first kappa shape index (κ1) is 14.9. The third kappa shape index (κ3) is 4.90. The molecule has 3 heteroatoms. The molecule has 0 fully saturated rings. The standard InChI is InChI=1S/C14H22ClNS/c1-5-16-9-12-8-13(15)6-7-14(12)17-11(4)10(2)3/h6-8,10-11,16H,5,9H2,1-4H3. The SMILES string of the molecule is CCNCc1cc(Cl)ccc1SC(C)C(C)C. The molecule has 1 aromatic carbocycles. The van der Waals surface area contributed by atoms with Gasteiger partial charge in [0.15, 0.2) is 0 Å². The van der Waals surface area contributed by atoms with Gasteiger partial charge in [0.05, 0.1) is 0 Å². The van der Waals surface area contributed by atoms with E-state index in [9.17, 15) is 0 Å². The van der Waals surface area contributed by atoms with Crippen molar-refractivity contribution in [1.82, 2.24) is 5.32 Å². The van der Waals surface area contributed by atoms with E-state index in [2.05, 4.69) is 45.1 Å². The number of benzene rings is 1. The highest BCUT2D eigenvalue weighted by Gasteiger charge is 2.11. The van der Waals surface area contributed by atoms with Gasteiger partial charge in [-0.05, 0) is 36.2 Å². The van der Waals surface area contributed by atoms with Gasteiger partial charge >= 0.3 is 0 Å². The lowest BCUT2D eigenvalue weighted by atomic mass is 10.2. The van der Waals surface area contributed by atoms with E-state index in [4.69, 9.17) is 11.6 Å². The van der Waals surface area contributed by atoms with Gasteiger partial charge in [0.2, 0.25) is 0 Å². The summed E-state index contributed by atoms with van der Waals surface area (Å²) in [4.78, 5) is 1.34. The largest absolute Gasteiger partial charge is 0.313 e. The van der Waals surface area contributed by atoms with Crippen molar-refractivity contribution in [2.75, 3.05) is 6.54 Å². The van der Waals surface area contributed by atoms with Crippen LogP contribution in [0, 0.1) is 5.92 Å². The average molecular weight is 272 g/mol. The van der Waals surface area contributed by atoms with Crippen LogP contribution in [-0.2, 0) is 6.54 Å². The number of nitrogens with one attached hydrogen (secondary N) is 1. The summed E-state index contributed by atoms with van der Waals surface area (Å²) in [6.07, 6.45) is 0. The minimum absolute atomic E-state index is 0.622. The third-order valence-corrected chi connectivity index (χ3v) is 4.64. The van der Waals surface area contributed by atoms with Crippen LogP contribution in [0.3, 0.4) is 0 Å². The monoisotopic (exact) mass is 271 g/mol. The number of rotatable bonds is 6. The summed E-state index contributed by atoms with van der Waals surface area (Å²) in [5, 5.41) is 4.80. The van der Waals surface area contributed by atoms with Crippen molar-refractivity contribution in [3.8, 4) is 0 Å². The number of hydrogen-bond donors (Lipinski definition) is 1. The van der Waals surface area contributed by atoms with Crippen LogP contribution in [0.2, 0.25) is 5.02 Å². The summed E-state index contributed by atoms with van der Waals surface area (Å²) in [6.45, 7) is 10.8. The second kappa shape index (κ2) is 7.30. The Hall–Kier alpha value is -0.180. The van der Waals surface area contributed by atoms with Gasteiger partial charge in [-0.3, -0.25) is 0 Å². The van der Waals surface area contributed by atoms with Crippen LogP contribution < -0.4 is 5.32 Å². The lowest BCUT2D eigenvalue weighted by Gasteiger charge is -2.17. The van der Waals surface area contributed by atoms with Crippen molar-refractivity contribution >= 4 is 23.4 Å². The summed E-state index contributed by atoms with van der Waals surface area (Å²) < 4.78 is 0. The predicted octanol–water partition coefficient (Wildman–Crippen LogP) is 4.59. The molecule has 1 nitrogen and oxygen atoms in total. The molecule has 0 spiro atoms. The van der Waals surface area contributed by atoms with Crippen LogP contribution in [0.5, 0.6) is 0 Å². The molecule has 0 bridgehead atoms. The predicted molar refractivity (Wildman–Crippen MR) is 79.0 cm³/mol. The Kier molecular flexibility index (Phi) is 6.39. The van der Waals surface area contributed by atoms with Crippen LogP contribution in [0.4, 0.5) is 0 Å². The third-order valence-electron chi connectivity index (χ3n) is 2.84. The van der Waals surface area contributed by atoms with Crippen molar-refractivity contribution in [3.63, 3.8) is 0 Å². The van der Waals surface area contributed by atoms with Gasteiger partial charge in [-0.1, -0.05) is 39.3 Å². The van der Waals surface area contributed by atoms with Crippen molar-refractivity contribution in [2.45, 2.75) is 44.4 Å². The van der Waals surface area contributed by atoms with Gasteiger partial charge < -0.3 is 5.32 Å². The first-order valence-electron chi connectivity index (χ1n) is 6.20. The smallest absolute Gasteiger partial charge is 0.0410 e. The number of hydrogen-bond acceptors (Lipinski definition) is 2. The Morgan fingerprint density at radius 1 is 1.29 bits per heavy atom. The maximum Gasteiger partial charge on any atom is 0.0410 e. The quantitative estimate of drug-likeness (QED) is 0.760. The zero-order chi connectivity index (χ0) is 12.8. The second-order valence-corrected chi connectivity index (χ2v) is 6.45. The normalized spacial score (nSPS) is 13.1. The summed E-state index contributed by atoms with van der Waals surface area (Å²) in [7, 11) is 0.